The van der Waals surface area contributed by atoms with Crippen LogP contribution in [0.4, 0.5) is 11.6 Å². The van der Waals surface area contributed by atoms with Crippen molar-refractivity contribution in [1.29, 1.82) is 0 Å². The molecule has 0 aliphatic carbocycles. The first-order valence-corrected chi connectivity index (χ1v) is 9.16. The second-order valence-corrected chi connectivity index (χ2v) is 6.61. The van der Waals surface area contributed by atoms with Crippen molar-refractivity contribution < 1.29 is 4.74 Å². The molecule has 1 N–H and O–H groups in total. The molecule has 3 aromatic heterocycles. The monoisotopic (exact) mass is 353 g/mol. The van der Waals surface area contributed by atoms with Gasteiger partial charge in [0.05, 0.1) is 19.3 Å². The summed E-state index contributed by atoms with van der Waals surface area (Å²) in [7, 11) is 0. The van der Waals surface area contributed by atoms with Crippen molar-refractivity contribution in [3.05, 3.63) is 64.9 Å². The Hall–Kier alpha value is -2.35. The molecule has 0 radical (unpaired) electrons. The molecule has 0 amide bonds. The summed E-state index contributed by atoms with van der Waals surface area (Å²) < 4.78 is 5.69. The van der Waals surface area contributed by atoms with E-state index in [1.165, 1.54) is 5.56 Å². The van der Waals surface area contributed by atoms with E-state index in [0.29, 0.717) is 6.61 Å². The molecule has 7 heteroatoms. The van der Waals surface area contributed by atoms with Gasteiger partial charge in [0.2, 0.25) is 0 Å². The van der Waals surface area contributed by atoms with E-state index in [0.717, 1.165) is 37.2 Å². The van der Waals surface area contributed by atoms with Crippen LogP contribution in [0.25, 0.3) is 0 Å². The second-order valence-electron chi connectivity index (χ2n) is 5.83. The smallest absolute Gasteiger partial charge is 0.150 e. The van der Waals surface area contributed by atoms with E-state index < -0.39 is 0 Å². The topological polar surface area (TPSA) is 63.2 Å². The fraction of sp³-hybridized carbons (Fsp3) is 0.278. The lowest BCUT2D eigenvalue weighted by atomic mass is 10.2. The number of rotatable bonds is 5. The van der Waals surface area contributed by atoms with Crippen LogP contribution in [0.2, 0.25) is 0 Å². The number of thiophene rings is 1. The summed E-state index contributed by atoms with van der Waals surface area (Å²) in [5, 5.41) is 7.52. The van der Waals surface area contributed by atoms with E-state index >= 15 is 0 Å². The van der Waals surface area contributed by atoms with Crippen molar-refractivity contribution >= 4 is 23.0 Å². The fourth-order valence-corrected chi connectivity index (χ4v) is 3.51. The molecule has 25 heavy (non-hydrogen) atoms. The summed E-state index contributed by atoms with van der Waals surface area (Å²) in [6, 6.07) is 9.81. The number of aromatic nitrogens is 3. The number of ether oxygens (including phenoxy) is 1. The van der Waals surface area contributed by atoms with Crippen LogP contribution >= 0.6 is 11.3 Å². The Labute approximate surface area is 150 Å². The lowest BCUT2D eigenvalue weighted by molar-refractivity contribution is -0.0158. The molecule has 0 spiro atoms. The van der Waals surface area contributed by atoms with Gasteiger partial charge in [-0.25, -0.2) is 15.0 Å². The summed E-state index contributed by atoms with van der Waals surface area (Å²) in [6.45, 7) is 3.12. The van der Waals surface area contributed by atoms with Crippen molar-refractivity contribution in [3.63, 3.8) is 0 Å². The minimum Gasteiger partial charge on any atom is -0.378 e. The van der Waals surface area contributed by atoms with Crippen LogP contribution in [0.3, 0.4) is 0 Å². The van der Waals surface area contributed by atoms with Crippen molar-refractivity contribution in [2.75, 3.05) is 25.1 Å². The van der Waals surface area contributed by atoms with Crippen molar-refractivity contribution in [3.8, 4) is 0 Å². The Balaban J connectivity index is 1.53. The summed E-state index contributed by atoms with van der Waals surface area (Å²) in [5.41, 5.74) is 1.32. The van der Waals surface area contributed by atoms with Crippen molar-refractivity contribution in [2.45, 2.75) is 12.6 Å². The third-order valence-corrected chi connectivity index (χ3v) is 4.83. The van der Waals surface area contributed by atoms with Gasteiger partial charge in [0.15, 0.2) is 0 Å². The molecule has 4 heterocycles. The summed E-state index contributed by atoms with van der Waals surface area (Å²) in [5.74, 6) is 2.28. The third-order valence-electron chi connectivity index (χ3n) is 4.10. The van der Waals surface area contributed by atoms with Gasteiger partial charge in [0.1, 0.15) is 17.5 Å². The van der Waals surface area contributed by atoms with E-state index in [4.69, 9.17) is 4.74 Å². The maximum absolute atomic E-state index is 5.69. The Morgan fingerprint density at radius 2 is 2.16 bits per heavy atom. The zero-order chi connectivity index (χ0) is 16.9. The predicted molar refractivity (Wildman–Crippen MR) is 97.8 cm³/mol. The molecule has 1 fully saturated rings. The molecule has 6 nitrogen and oxygen atoms in total. The zero-order valence-electron chi connectivity index (χ0n) is 13.7. The Morgan fingerprint density at radius 3 is 3.00 bits per heavy atom. The average Bonchev–Trinajstić information content (AvgIpc) is 3.16. The number of anilines is 2. The van der Waals surface area contributed by atoms with Gasteiger partial charge in [0.25, 0.3) is 0 Å². The van der Waals surface area contributed by atoms with Gasteiger partial charge in [-0.2, -0.15) is 11.3 Å². The van der Waals surface area contributed by atoms with E-state index in [1.54, 1.807) is 23.7 Å². The van der Waals surface area contributed by atoms with Gasteiger partial charge >= 0.3 is 0 Å². The van der Waals surface area contributed by atoms with Crippen LogP contribution in [0, 0.1) is 0 Å². The predicted octanol–water partition coefficient (Wildman–Crippen LogP) is 3.25. The van der Waals surface area contributed by atoms with Gasteiger partial charge in [-0.05, 0) is 40.6 Å². The highest BCUT2D eigenvalue weighted by atomic mass is 32.1. The van der Waals surface area contributed by atoms with Crippen LogP contribution in [0.5, 0.6) is 0 Å². The van der Waals surface area contributed by atoms with Gasteiger partial charge < -0.3 is 10.1 Å². The molecule has 128 valence electrons. The molecule has 3 aromatic rings. The maximum Gasteiger partial charge on any atom is 0.150 e. The van der Waals surface area contributed by atoms with Crippen LogP contribution in [-0.4, -0.2) is 39.6 Å². The SMILES string of the molecule is c1ccc(Nc2ccnc([C@@H]3COCCN3Cc3ccsc3)n2)nc1. The van der Waals surface area contributed by atoms with Crippen molar-refractivity contribution in [2.24, 2.45) is 0 Å². The number of hydrogen-bond acceptors (Lipinski definition) is 7. The summed E-state index contributed by atoms with van der Waals surface area (Å²) in [4.78, 5) is 15.8. The Bertz CT molecular complexity index is 796. The average molecular weight is 353 g/mol. The van der Waals surface area contributed by atoms with Crippen LogP contribution in [0.1, 0.15) is 17.4 Å². The minimum atomic E-state index is 0.0548. The first kappa shape index (κ1) is 16.1. The Kier molecular flexibility index (Phi) is 4.96. The van der Waals surface area contributed by atoms with E-state index in [-0.39, 0.29) is 6.04 Å². The lowest BCUT2D eigenvalue weighted by Gasteiger charge is -2.34. The first-order valence-electron chi connectivity index (χ1n) is 8.22. The molecule has 1 aliphatic heterocycles. The van der Waals surface area contributed by atoms with Gasteiger partial charge in [-0.15, -0.1) is 0 Å². The van der Waals surface area contributed by atoms with Crippen LogP contribution in [-0.2, 0) is 11.3 Å². The molecule has 4 rings (SSSR count). The molecule has 0 aromatic carbocycles. The lowest BCUT2D eigenvalue weighted by Crippen LogP contribution is -2.39. The largest absolute Gasteiger partial charge is 0.378 e. The minimum absolute atomic E-state index is 0.0548. The van der Waals surface area contributed by atoms with Gasteiger partial charge in [-0.3, -0.25) is 4.90 Å². The zero-order valence-corrected chi connectivity index (χ0v) is 14.5. The molecule has 0 unspecified atom stereocenters. The highest BCUT2D eigenvalue weighted by Crippen LogP contribution is 2.25. The number of hydrogen-bond donors (Lipinski definition) is 1. The standard InChI is InChI=1S/C18H19N5OS/c1-2-6-19-16(3-1)21-17-4-7-20-18(22-17)15-12-24-9-8-23(15)11-14-5-10-25-13-14/h1-7,10,13,15H,8-9,11-12H2,(H,19,20,21,22)/t15-/m0/s1. The summed E-state index contributed by atoms with van der Waals surface area (Å²) >= 11 is 1.72. The van der Waals surface area contributed by atoms with E-state index in [2.05, 4.69) is 42.0 Å². The van der Waals surface area contributed by atoms with Crippen LogP contribution < -0.4 is 5.32 Å². The number of pyridine rings is 1. The van der Waals surface area contributed by atoms with Crippen molar-refractivity contribution in [1.82, 2.24) is 19.9 Å². The van der Waals surface area contributed by atoms with E-state index in [9.17, 15) is 0 Å². The van der Waals surface area contributed by atoms with Gasteiger partial charge in [0, 0.05) is 25.5 Å². The molecule has 1 atom stereocenters. The quantitative estimate of drug-likeness (QED) is 0.760. The summed E-state index contributed by atoms with van der Waals surface area (Å²) in [6.07, 6.45) is 3.53. The van der Waals surface area contributed by atoms with E-state index in [1.807, 2.05) is 24.3 Å². The number of nitrogens with zero attached hydrogens (tertiary/aromatic N) is 4. The fourth-order valence-electron chi connectivity index (χ4n) is 2.85. The maximum atomic E-state index is 5.69. The molecular formula is C18H19N5OS. The molecule has 0 saturated carbocycles. The number of nitrogens with one attached hydrogen (secondary N) is 1. The highest BCUT2D eigenvalue weighted by molar-refractivity contribution is 7.07. The molecular weight excluding hydrogens is 334 g/mol. The molecule has 0 bridgehead atoms. The highest BCUT2D eigenvalue weighted by Gasteiger charge is 2.27. The molecule has 1 aliphatic rings. The normalized spacial score (nSPS) is 18.2. The second kappa shape index (κ2) is 7.69. The molecule has 1 saturated heterocycles. The first-order chi connectivity index (χ1) is 12.4. The number of morpholine rings is 1. The van der Waals surface area contributed by atoms with Gasteiger partial charge in [-0.1, -0.05) is 6.07 Å². The van der Waals surface area contributed by atoms with Crippen LogP contribution in [0.15, 0.2) is 53.5 Å². The third kappa shape index (κ3) is 4.01. The Morgan fingerprint density at radius 1 is 1.16 bits per heavy atom.